The Labute approximate surface area is 146 Å². The minimum atomic E-state index is -0.485. The summed E-state index contributed by atoms with van der Waals surface area (Å²) in [4.78, 5) is 25.3. The maximum atomic E-state index is 12.9. The predicted octanol–water partition coefficient (Wildman–Crippen LogP) is 4.43. The molecule has 3 rings (SSSR count). The van der Waals surface area contributed by atoms with Crippen molar-refractivity contribution in [1.29, 1.82) is 0 Å². The molecule has 1 aliphatic carbocycles. The Bertz CT molecular complexity index is 760. The molecule has 0 saturated heterocycles. The Kier molecular flexibility index (Phi) is 4.97. The molecule has 1 aliphatic rings. The summed E-state index contributed by atoms with van der Waals surface area (Å²) in [5, 5.41) is 13.9. The molecule has 25 heavy (non-hydrogen) atoms. The van der Waals surface area contributed by atoms with Crippen LogP contribution >= 0.6 is 0 Å². The zero-order valence-electron chi connectivity index (χ0n) is 14.1. The van der Waals surface area contributed by atoms with Gasteiger partial charge in [-0.25, -0.2) is 4.79 Å². The highest BCUT2D eigenvalue weighted by Crippen LogP contribution is 2.36. The number of nitrogens with zero attached hydrogens (tertiary/aromatic N) is 2. The van der Waals surface area contributed by atoms with Crippen LogP contribution in [0.2, 0.25) is 0 Å². The second-order valence-corrected chi connectivity index (χ2v) is 6.40. The molecule has 2 aromatic carbocycles. The number of carbonyl (C=O) groups is 1. The van der Waals surface area contributed by atoms with E-state index >= 15 is 0 Å². The quantitative estimate of drug-likeness (QED) is 0.625. The van der Waals surface area contributed by atoms with Gasteiger partial charge in [-0.2, -0.15) is 0 Å². The van der Waals surface area contributed by atoms with Crippen molar-refractivity contribution in [3.63, 3.8) is 0 Å². The summed E-state index contributed by atoms with van der Waals surface area (Å²) in [6, 6.07) is 15.8. The minimum Gasteiger partial charge on any atom is -0.317 e. The van der Waals surface area contributed by atoms with Crippen LogP contribution in [0, 0.1) is 16.0 Å². The Morgan fingerprint density at radius 1 is 1.20 bits per heavy atom. The summed E-state index contributed by atoms with van der Waals surface area (Å²) in [7, 11) is 0. The van der Waals surface area contributed by atoms with E-state index < -0.39 is 4.92 Å². The molecule has 0 aromatic heterocycles. The molecule has 0 aliphatic heterocycles. The number of anilines is 1. The second-order valence-electron chi connectivity index (χ2n) is 6.40. The lowest BCUT2D eigenvalue weighted by atomic mass is 10.1. The molecule has 0 heterocycles. The van der Waals surface area contributed by atoms with Gasteiger partial charge in [-0.3, -0.25) is 10.1 Å². The van der Waals surface area contributed by atoms with E-state index in [2.05, 4.69) is 5.32 Å². The number of para-hydroxylation sites is 2. The summed E-state index contributed by atoms with van der Waals surface area (Å²) in [6.45, 7) is 2.52. The van der Waals surface area contributed by atoms with Crippen molar-refractivity contribution in [3.05, 3.63) is 70.3 Å². The molecule has 1 N–H and O–H groups in total. The third-order valence-electron chi connectivity index (χ3n) is 4.59. The predicted molar refractivity (Wildman–Crippen MR) is 96.3 cm³/mol. The van der Waals surface area contributed by atoms with Crippen molar-refractivity contribution in [2.45, 2.75) is 32.4 Å². The van der Waals surface area contributed by atoms with E-state index in [0.717, 1.165) is 18.4 Å². The lowest BCUT2D eigenvalue weighted by Gasteiger charge is -2.29. The van der Waals surface area contributed by atoms with E-state index in [0.29, 0.717) is 12.5 Å². The molecule has 1 saturated carbocycles. The summed E-state index contributed by atoms with van der Waals surface area (Å²) in [6.07, 6.45) is 2.23. The fraction of sp³-hybridized carbons (Fsp3) is 0.316. The Morgan fingerprint density at radius 3 is 2.48 bits per heavy atom. The van der Waals surface area contributed by atoms with Crippen LogP contribution < -0.4 is 5.32 Å². The molecule has 0 radical (unpaired) electrons. The molecular formula is C19H21N3O3. The van der Waals surface area contributed by atoms with Crippen molar-refractivity contribution < 1.29 is 9.72 Å². The van der Waals surface area contributed by atoms with Gasteiger partial charge in [0.2, 0.25) is 0 Å². The fourth-order valence-electron chi connectivity index (χ4n) is 2.94. The number of urea groups is 1. The number of nitro groups is 1. The monoisotopic (exact) mass is 339 g/mol. The van der Waals surface area contributed by atoms with Gasteiger partial charge in [-0.15, -0.1) is 0 Å². The number of hydrogen-bond donors (Lipinski definition) is 1. The SMILES string of the molecule is C[C@@H](C1CC1)N(Cc1ccccc1)C(=O)Nc1ccccc1[N+](=O)[O-]. The molecule has 6 nitrogen and oxygen atoms in total. The van der Waals surface area contributed by atoms with E-state index in [-0.39, 0.29) is 23.4 Å². The van der Waals surface area contributed by atoms with Crippen LogP contribution in [0.25, 0.3) is 0 Å². The van der Waals surface area contributed by atoms with E-state index in [1.807, 2.05) is 37.3 Å². The fourth-order valence-corrected chi connectivity index (χ4v) is 2.94. The zero-order valence-corrected chi connectivity index (χ0v) is 14.1. The average Bonchev–Trinajstić information content (AvgIpc) is 3.45. The smallest absolute Gasteiger partial charge is 0.317 e. The maximum absolute atomic E-state index is 12.9. The standard InChI is InChI=1S/C19H21N3O3/c1-14(16-11-12-16)21(13-15-7-3-2-4-8-15)19(23)20-17-9-5-6-10-18(17)22(24)25/h2-10,14,16H,11-13H2,1H3,(H,20,23)/t14-/m0/s1. The van der Waals surface area contributed by atoms with Gasteiger partial charge in [-0.05, 0) is 37.3 Å². The molecular weight excluding hydrogens is 318 g/mol. The number of hydrogen-bond acceptors (Lipinski definition) is 3. The van der Waals surface area contributed by atoms with Crippen molar-refractivity contribution in [2.75, 3.05) is 5.32 Å². The number of rotatable bonds is 6. The van der Waals surface area contributed by atoms with E-state index in [4.69, 9.17) is 0 Å². The highest BCUT2D eigenvalue weighted by molar-refractivity contribution is 5.92. The van der Waals surface area contributed by atoms with Crippen molar-refractivity contribution in [1.82, 2.24) is 4.90 Å². The van der Waals surface area contributed by atoms with Crippen LogP contribution in [0.3, 0.4) is 0 Å². The molecule has 1 fully saturated rings. The van der Waals surface area contributed by atoms with Gasteiger partial charge >= 0.3 is 6.03 Å². The molecule has 1 atom stereocenters. The highest BCUT2D eigenvalue weighted by Gasteiger charge is 2.34. The van der Waals surface area contributed by atoms with Gasteiger partial charge in [-0.1, -0.05) is 42.5 Å². The lowest BCUT2D eigenvalue weighted by Crippen LogP contribution is -2.42. The second kappa shape index (κ2) is 7.34. The van der Waals surface area contributed by atoms with Gasteiger partial charge < -0.3 is 10.2 Å². The van der Waals surface area contributed by atoms with E-state index in [1.165, 1.54) is 6.07 Å². The lowest BCUT2D eigenvalue weighted by molar-refractivity contribution is -0.383. The van der Waals surface area contributed by atoms with Crippen LogP contribution in [-0.4, -0.2) is 21.9 Å². The number of carbonyl (C=O) groups excluding carboxylic acids is 1. The first-order chi connectivity index (χ1) is 12.1. The summed E-state index contributed by atoms with van der Waals surface area (Å²) in [5.74, 6) is 0.500. The molecule has 0 unspecified atom stereocenters. The molecule has 0 bridgehead atoms. The van der Waals surface area contributed by atoms with Crippen LogP contribution in [0.4, 0.5) is 16.2 Å². The first-order valence-electron chi connectivity index (χ1n) is 8.41. The number of benzene rings is 2. The Morgan fingerprint density at radius 2 is 1.84 bits per heavy atom. The van der Waals surface area contributed by atoms with Crippen molar-refractivity contribution >= 4 is 17.4 Å². The molecule has 6 heteroatoms. The van der Waals surface area contributed by atoms with Gasteiger partial charge in [0.15, 0.2) is 0 Å². The topological polar surface area (TPSA) is 75.5 Å². The average molecular weight is 339 g/mol. The van der Waals surface area contributed by atoms with Crippen LogP contribution in [0.1, 0.15) is 25.3 Å². The van der Waals surface area contributed by atoms with Crippen LogP contribution in [0.5, 0.6) is 0 Å². The normalized spacial score (nSPS) is 14.6. The molecule has 130 valence electrons. The van der Waals surface area contributed by atoms with E-state index in [9.17, 15) is 14.9 Å². The first kappa shape index (κ1) is 17.0. The Balaban J connectivity index is 1.80. The zero-order chi connectivity index (χ0) is 17.8. The van der Waals surface area contributed by atoms with Gasteiger partial charge in [0.25, 0.3) is 5.69 Å². The minimum absolute atomic E-state index is 0.0861. The van der Waals surface area contributed by atoms with Crippen LogP contribution in [-0.2, 0) is 6.54 Å². The summed E-state index contributed by atoms with van der Waals surface area (Å²) >= 11 is 0. The maximum Gasteiger partial charge on any atom is 0.322 e. The number of nitro benzene ring substituents is 1. The molecule has 2 amide bonds. The summed E-state index contributed by atoms with van der Waals surface area (Å²) < 4.78 is 0. The first-order valence-corrected chi connectivity index (χ1v) is 8.41. The highest BCUT2D eigenvalue weighted by atomic mass is 16.6. The molecule has 0 spiro atoms. The van der Waals surface area contributed by atoms with Gasteiger partial charge in [0, 0.05) is 18.7 Å². The van der Waals surface area contributed by atoms with Gasteiger partial charge in [0.05, 0.1) is 4.92 Å². The third-order valence-corrected chi connectivity index (χ3v) is 4.59. The number of amides is 2. The molecule has 2 aromatic rings. The largest absolute Gasteiger partial charge is 0.322 e. The van der Waals surface area contributed by atoms with Gasteiger partial charge in [0.1, 0.15) is 5.69 Å². The summed E-state index contributed by atoms with van der Waals surface area (Å²) in [5.41, 5.74) is 1.15. The van der Waals surface area contributed by atoms with E-state index in [1.54, 1.807) is 23.1 Å². The van der Waals surface area contributed by atoms with Crippen molar-refractivity contribution in [3.8, 4) is 0 Å². The Hall–Kier alpha value is -2.89. The third kappa shape index (κ3) is 4.15. The van der Waals surface area contributed by atoms with Crippen LogP contribution in [0.15, 0.2) is 54.6 Å². The van der Waals surface area contributed by atoms with Crippen molar-refractivity contribution in [2.24, 2.45) is 5.92 Å². The number of nitrogens with one attached hydrogen (secondary N) is 1.